The molecule has 0 amide bonds. The van der Waals surface area contributed by atoms with Crippen LogP contribution in [0.25, 0.3) is 10.4 Å². The molecule has 0 bridgehead atoms. The maximum atomic E-state index is 13.0. The second-order valence-corrected chi connectivity index (χ2v) is 10.5. The molecule has 1 saturated heterocycles. The lowest BCUT2D eigenvalue weighted by atomic mass is 9.96. The van der Waals surface area contributed by atoms with Crippen LogP contribution in [0.1, 0.15) is 56.2 Å². The van der Waals surface area contributed by atoms with Crippen molar-refractivity contribution in [3.05, 3.63) is 29.5 Å². The lowest BCUT2D eigenvalue weighted by Crippen LogP contribution is -2.40. The lowest BCUT2D eigenvalue weighted by molar-refractivity contribution is 0.435. The van der Waals surface area contributed by atoms with Gasteiger partial charge in [-0.2, -0.15) is 0 Å². The first-order valence-electron chi connectivity index (χ1n) is 10.8. The maximum Gasteiger partial charge on any atom is 0.183 e. The first kappa shape index (κ1) is 21.0. The van der Waals surface area contributed by atoms with E-state index in [4.69, 9.17) is 4.98 Å². The number of benzene rings is 1. The summed E-state index contributed by atoms with van der Waals surface area (Å²) < 4.78 is 16.4. The zero-order valence-corrected chi connectivity index (χ0v) is 19.1. The van der Waals surface area contributed by atoms with Crippen LogP contribution in [0.4, 0.5) is 5.13 Å². The Kier molecular flexibility index (Phi) is 7.00. The molecule has 1 aromatic heterocycles. The van der Waals surface area contributed by atoms with E-state index < -0.39 is 11.0 Å². The number of aromatic nitrogens is 1. The molecule has 3 N–H and O–H groups in total. The zero-order valence-electron chi connectivity index (χ0n) is 17.4. The highest BCUT2D eigenvalue weighted by Crippen LogP contribution is 2.35. The minimum atomic E-state index is -1.19. The summed E-state index contributed by atoms with van der Waals surface area (Å²) in [6.07, 6.45) is 8.50. The zero-order chi connectivity index (χ0) is 20.2. The number of aryl methyl sites for hydroxylation is 2. The normalized spacial score (nSPS) is 19.9. The number of rotatable bonds is 6. The molecule has 2 fully saturated rings. The predicted molar refractivity (Wildman–Crippen MR) is 123 cm³/mol. The van der Waals surface area contributed by atoms with Crippen molar-refractivity contribution in [1.82, 2.24) is 15.0 Å². The molecule has 1 aliphatic heterocycles. The van der Waals surface area contributed by atoms with Gasteiger partial charge in [0.15, 0.2) is 5.13 Å². The third-order valence-corrected chi connectivity index (χ3v) is 8.52. The Morgan fingerprint density at radius 1 is 1.07 bits per heavy atom. The second kappa shape index (κ2) is 9.69. The molecule has 2 aliphatic rings. The van der Waals surface area contributed by atoms with Crippen molar-refractivity contribution >= 4 is 27.5 Å². The fourth-order valence-electron chi connectivity index (χ4n) is 4.24. The lowest BCUT2D eigenvalue weighted by Gasteiger charge is -2.23. The van der Waals surface area contributed by atoms with Crippen LogP contribution >= 0.6 is 11.3 Å². The number of nitrogens with one attached hydrogen (secondary N) is 3. The highest BCUT2D eigenvalue weighted by molar-refractivity contribution is 7.83. The van der Waals surface area contributed by atoms with Gasteiger partial charge in [0.05, 0.1) is 15.5 Å². The van der Waals surface area contributed by atoms with Crippen molar-refractivity contribution in [2.75, 3.05) is 18.4 Å². The van der Waals surface area contributed by atoms with Gasteiger partial charge in [-0.15, -0.1) is 0 Å². The Balaban J connectivity index is 1.51. The molecule has 1 aromatic carbocycles. The van der Waals surface area contributed by atoms with Crippen molar-refractivity contribution < 1.29 is 4.21 Å². The monoisotopic (exact) mass is 432 g/mol. The standard InChI is InChI=1S/C22H32N4OS2/c1-15-8-9-17(14-20(15)29(27)26-19-10-12-23-13-11-19)21-16(2)24-22(28-21)25-18-6-4-3-5-7-18/h8-9,14,18-19,23,26H,3-7,10-13H2,1-2H3,(H,24,25). The van der Waals surface area contributed by atoms with E-state index in [1.807, 2.05) is 6.92 Å². The van der Waals surface area contributed by atoms with Crippen LogP contribution in [-0.2, 0) is 11.0 Å². The Morgan fingerprint density at radius 3 is 2.59 bits per heavy atom. The molecular formula is C22H32N4OS2. The summed E-state index contributed by atoms with van der Waals surface area (Å²) in [5, 5.41) is 8.02. The first-order valence-corrected chi connectivity index (χ1v) is 12.8. The Hall–Kier alpha value is -1.28. The largest absolute Gasteiger partial charge is 0.359 e. The van der Waals surface area contributed by atoms with Crippen molar-refractivity contribution in [2.24, 2.45) is 0 Å². The third kappa shape index (κ3) is 5.26. The summed E-state index contributed by atoms with van der Waals surface area (Å²) >= 11 is 1.72. The molecule has 1 saturated carbocycles. The molecule has 2 heterocycles. The molecule has 1 aliphatic carbocycles. The average molecular weight is 433 g/mol. The fourth-order valence-corrected chi connectivity index (χ4v) is 6.54. The molecular weight excluding hydrogens is 400 g/mol. The number of anilines is 1. The minimum absolute atomic E-state index is 0.316. The third-order valence-electron chi connectivity index (χ3n) is 5.99. The average Bonchev–Trinajstić information content (AvgIpc) is 3.10. The van der Waals surface area contributed by atoms with Gasteiger partial charge in [-0.3, -0.25) is 0 Å². The van der Waals surface area contributed by atoms with Gasteiger partial charge < -0.3 is 10.6 Å². The molecule has 7 heteroatoms. The summed E-state index contributed by atoms with van der Waals surface area (Å²) in [4.78, 5) is 6.84. The van der Waals surface area contributed by atoms with E-state index in [-0.39, 0.29) is 0 Å². The second-order valence-electron chi connectivity index (χ2n) is 8.30. The Morgan fingerprint density at radius 2 is 1.83 bits per heavy atom. The van der Waals surface area contributed by atoms with Crippen LogP contribution in [0.3, 0.4) is 0 Å². The van der Waals surface area contributed by atoms with Gasteiger partial charge in [-0.1, -0.05) is 42.7 Å². The number of piperidine rings is 1. The van der Waals surface area contributed by atoms with E-state index in [9.17, 15) is 4.21 Å². The minimum Gasteiger partial charge on any atom is -0.359 e. The quantitative estimate of drug-likeness (QED) is 0.627. The van der Waals surface area contributed by atoms with Crippen molar-refractivity contribution in [3.63, 3.8) is 0 Å². The molecule has 1 unspecified atom stereocenters. The highest BCUT2D eigenvalue weighted by Gasteiger charge is 2.20. The highest BCUT2D eigenvalue weighted by atomic mass is 32.2. The van der Waals surface area contributed by atoms with Crippen molar-refractivity contribution in [3.8, 4) is 10.4 Å². The van der Waals surface area contributed by atoms with E-state index in [1.165, 1.54) is 37.0 Å². The van der Waals surface area contributed by atoms with E-state index >= 15 is 0 Å². The van der Waals surface area contributed by atoms with Gasteiger partial charge >= 0.3 is 0 Å². The molecule has 4 rings (SSSR count). The van der Waals surface area contributed by atoms with Crippen LogP contribution in [0, 0.1) is 13.8 Å². The summed E-state index contributed by atoms with van der Waals surface area (Å²) in [5.74, 6) is 0. The fraction of sp³-hybridized carbons (Fsp3) is 0.591. The number of nitrogens with zero attached hydrogens (tertiary/aromatic N) is 1. The predicted octanol–water partition coefficient (Wildman–Crippen LogP) is 4.54. The molecule has 158 valence electrons. The van der Waals surface area contributed by atoms with Gasteiger partial charge in [0.1, 0.15) is 11.0 Å². The molecule has 29 heavy (non-hydrogen) atoms. The molecule has 1 atom stereocenters. The van der Waals surface area contributed by atoms with Crippen molar-refractivity contribution in [2.45, 2.75) is 75.8 Å². The van der Waals surface area contributed by atoms with Crippen LogP contribution < -0.4 is 15.4 Å². The Bertz CT molecular complexity index is 854. The van der Waals surface area contributed by atoms with Gasteiger partial charge in [0, 0.05) is 12.1 Å². The topological polar surface area (TPSA) is 66.0 Å². The van der Waals surface area contributed by atoms with Crippen LogP contribution in [0.2, 0.25) is 0 Å². The summed E-state index contributed by atoms with van der Waals surface area (Å²) in [6.45, 7) is 6.09. The maximum absolute atomic E-state index is 13.0. The van der Waals surface area contributed by atoms with Crippen molar-refractivity contribution in [1.29, 1.82) is 0 Å². The SMILES string of the molecule is Cc1ccc(-c2sc(NC3CCCCC3)nc2C)cc1S(=O)NC1CCNCC1. The van der Waals surface area contributed by atoms with Gasteiger partial charge in [-0.25, -0.2) is 13.9 Å². The number of thiazole rings is 1. The van der Waals surface area contributed by atoms with Gasteiger partial charge in [0.2, 0.25) is 0 Å². The smallest absolute Gasteiger partial charge is 0.183 e. The van der Waals surface area contributed by atoms with E-state index in [0.29, 0.717) is 12.1 Å². The van der Waals surface area contributed by atoms with Crippen LogP contribution in [0.5, 0.6) is 0 Å². The summed E-state index contributed by atoms with van der Waals surface area (Å²) in [5.41, 5.74) is 3.22. The Labute approximate surface area is 180 Å². The van der Waals surface area contributed by atoms with Gasteiger partial charge in [-0.05, 0) is 69.8 Å². The van der Waals surface area contributed by atoms with E-state index in [1.54, 1.807) is 11.3 Å². The van der Waals surface area contributed by atoms with Crippen LogP contribution in [0.15, 0.2) is 23.1 Å². The van der Waals surface area contributed by atoms with E-state index in [0.717, 1.165) is 52.8 Å². The first-order chi connectivity index (χ1) is 14.1. The van der Waals surface area contributed by atoms with Crippen LogP contribution in [-0.4, -0.2) is 34.4 Å². The molecule has 0 radical (unpaired) electrons. The summed E-state index contributed by atoms with van der Waals surface area (Å²) in [6, 6.07) is 7.17. The number of hydrogen-bond donors (Lipinski definition) is 3. The summed E-state index contributed by atoms with van der Waals surface area (Å²) in [7, 11) is -1.19. The molecule has 5 nitrogen and oxygen atoms in total. The number of hydrogen-bond acceptors (Lipinski definition) is 5. The van der Waals surface area contributed by atoms with E-state index in [2.05, 4.69) is 40.5 Å². The van der Waals surface area contributed by atoms with Gasteiger partial charge in [0.25, 0.3) is 0 Å². The molecule has 0 spiro atoms. The molecule has 2 aromatic rings.